The summed E-state index contributed by atoms with van der Waals surface area (Å²) in [6, 6.07) is 9.42. The average Bonchev–Trinajstić information content (AvgIpc) is 3.61. The minimum absolute atomic E-state index is 0.0573. The van der Waals surface area contributed by atoms with Crippen LogP contribution in [0.1, 0.15) is 92.5 Å². The quantitative estimate of drug-likeness (QED) is 0.409. The second-order valence-electron chi connectivity index (χ2n) is 12.1. The third-order valence-electron chi connectivity index (χ3n) is 9.43. The molecule has 2 aromatic rings. The summed E-state index contributed by atoms with van der Waals surface area (Å²) in [4.78, 5) is 24.7. The summed E-state index contributed by atoms with van der Waals surface area (Å²) >= 11 is 0. The molecule has 6 rings (SSSR count). The zero-order valence-corrected chi connectivity index (χ0v) is 22.1. The zero-order chi connectivity index (χ0) is 27.2. The zero-order valence-electron chi connectivity index (χ0n) is 22.1. The molecule has 3 N–H and O–H groups in total. The number of carboxylic acid groups (broad SMARTS) is 1. The van der Waals surface area contributed by atoms with Gasteiger partial charge in [0.05, 0.1) is 5.56 Å². The molecule has 1 spiro atoms. The molecule has 0 bridgehead atoms. The molecule has 1 saturated heterocycles. The van der Waals surface area contributed by atoms with Crippen LogP contribution >= 0.6 is 0 Å². The number of aromatic carboxylic acids is 1. The van der Waals surface area contributed by atoms with Gasteiger partial charge in [0, 0.05) is 36.5 Å². The van der Waals surface area contributed by atoms with Gasteiger partial charge in [0.15, 0.2) is 0 Å². The van der Waals surface area contributed by atoms with Gasteiger partial charge in [-0.15, -0.1) is 0 Å². The molecule has 2 aromatic carbocycles. The van der Waals surface area contributed by atoms with E-state index in [-0.39, 0.29) is 47.9 Å². The van der Waals surface area contributed by atoms with Gasteiger partial charge >= 0.3 is 5.97 Å². The van der Waals surface area contributed by atoms with Crippen molar-refractivity contribution >= 4 is 11.9 Å². The summed E-state index contributed by atoms with van der Waals surface area (Å²) in [5.41, 5.74) is -0.179. The molecule has 8 heteroatoms. The Labute approximate surface area is 227 Å². The average molecular weight is 539 g/mol. The van der Waals surface area contributed by atoms with E-state index in [1.54, 1.807) is 18.2 Å². The summed E-state index contributed by atoms with van der Waals surface area (Å²) in [7, 11) is 0. The fourth-order valence-electron chi connectivity index (χ4n) is 7.09. The van der Waals surface area contributed by atoms with E-state index in [0.29, 0.717) is 41.7 Å². The van der Waals surface area contributed by atoms with Gasteiger partial charge in [-0.05, 0) is 79.8 Å². The predicted molar refractivity (Wildman–Crippen MR) is 143 cm³/mol. The first-order chi connectivity index (χ1) is 18.8. The SMILES string of the molecule is O=C(O)c1ccc(O[C@@H]2CC[C@@H](NC(=O)[C@@]3(F)CNC4(CCCC4)C3)C2)c(-c2cccc(F)c2C2CCC2)c1. The number of hydrogen-bond acceptors (Lipinski definition) is 4. The van der Waals surface area contributed by atoms with E-state index in [2.05, 4.69) is 10.6 Å². The van der Waals surface area contributed by atoms with Crippen LogP contribution in [0.15, 0.2) is 36.4 Å². The van der Waals surface area contributed by atoms with Crippen molar-refractivity contribution in [3.05, 3.63) is 53.3 Å². The van der Waals surface area contributed by atoms with Crippen molar-refractivity contribution < 1.29 is 28.2 Å². The fourth-order valence-corrected chi connectivity index (χ4v) is 7.09. The molecule has 1 aliphatic heterocycles. The van der Waals surface area contributed by atoms with Crippen molar-refractivity contribution in [2.45, 2.75) is 99.9 Å². The molecule has 39 heavy (non-hydrogen) atoms. The van der Waals surface area contributed by atoms with Crippen molar-refractivity contribution in [2.75, 3.05) is 6.54 Å². The van der Waals surface area contributed by atoms with Crippen molar-refractivity contribution in [1.29, 1.82) is 0 Å². The summed E-state index contributed by atoms with van der Waals surface area (Å²) in [5.74, 6) is -1.29. The molecule has 3 aliphatic carbocycles. The lowest BCUT2D eigenvalue weighted by Crippen LogP contribution is -2.48. The minimum Gasteiger partial charge on any atom is -0.490 e. The highest BCUT2D eigenvalue weighted by Gasteiger charge is 2.54. The Balaban J connectivity index is 1.18. The molecule has 1 heterocycles. The van der Waals surface area contributed by atoms with Gasteiger partial charge < -0.3 is 20.5 Å². The van der Waals surface area contributed by atoms with Crippen LogP contribution in [0.4, 0.5) is 8.78 Å². The molecular weight excluding hydrogens is 502 g/mol. The number of carboxylic acids is 1. The standard InChI is InChI=1S/C31H36F2N2O4/c32-25-8-4-7-23(27(25)19-5-3-6-19)24-15-20(28(36)37)9-12-26(24)39-22-11-10-21(16-22)35-29(38)31(33)17-30(34-18-31)13-1-2-14-30/h4,7-9,12,15,19,21-22,34H,1-3,5-6,10-11,13-14,16-18H2,(H,35,38)(H,36,37)/t21-,22-,31+/m1/s1. The highest BCUT2D eigenvalue weighted by Crippen LogP contribution is 2.45. The summed E-state index contributed by atoms with van der Waals surface area (Å²) < 4.78 is 37.0. The van der Waals surface area contributed by atoms with E-state index < -0.39 is 17.5 Å². The molecule has 4 aliphatic rings. The second kappa shape index (κ2) is 10.2. The van der Waals surface area contributed by atoms with Crippen LogP contribution in [0, 0.1) is 5.82 Å². The number of carbonyl (C=O) groups is 2. The minimum atomic E-state index is -1.89. The third kappa shape index (κ3) is 5.04. The van der Waals surface area contributed by atoms with E-state index in [1.807, 2.05) is 6.07 Å². The normalized spacial score (nSPS) is 27.9. The molecule has 0 radical (unpaired) electrons. The van der Waals surface area contributed by atoms with Gasteiger partial charge in [-0.3, -0.25) is 4.79 Å². The van der Waals surface area contributed by atoms with Crippen LogP contribution in [0.3, 0.4) is 0 Å². The van der Waals surface area contributed by atoms with E-state index in [0.717, 1.165) is 44.9 Å². The number of amides is 1. The van der Waals surface area contributed by atoms with Crippen LogP contribution < -0.4 is 15.4 Å². The Morgan fingerprint density at radius 2 is 1.82 bits per heavy atom. The Morgan fingerprint density at radius 1 is 1.03 bits per heavy atom. The first-order valence-corrected chi connectivity index (χ1v) is 14.3. The van der Waals surface area contributed by atoms with Crippen molar-refractivity contribution in [1.82, 2.24) is 10.6 Å². The van der Waals surface area contributed by atoms with Crippen molar-refractivity contribution in [3.8, 4) is 16.9 Å². The highest BCUT2D eigenvalue weighted by molar-refractivity contribution is 5.91. The van der Waals surface area contributed by atoms with Crippen molar-refractivity contribution in [3.63, 3.8) is 0 Å². The number of nitrogens with one attached hydrogen (secondary N) is 2. The van der Waals surface area contributed by atoms with Gasteiger partial charge in [0.25, 0.3) is 5.91 Å². The smallest absolute Gasteiger partial charge is 0.335 e. The molecular formula is C31H36F2N2O4. The number of rotatable bonds is 7. The maximum atomic E-state index is 15.6. The highest BCUT2D eigenvalue weighted by atomic mass is 19.1. The van der Waals surface area contributed by atoms with Gasteiger partial charge in [-0.2, -0.15) is 0 Å². The van der Waals surface area contributed by atoms with E-state index >= 15 is 4.39 Å². The largest absolute Gasteiger partial charge is 0.490 e. The monoisotopic (exact) mass is 538 g/mol. The second-order valence-corrected chi connectivity index (χ2v) is 12.1. The van der Waals surface area contributed by atoms with E-state index in [1.165, 1.54) is 12.1 Å². The lowest BCUT2D eigenvalue weighted by Gasteiger charge is -2.29. The van der Waals surface area contributed by atoms with Crippen LogP contribution in [-0.4, -0.2) is 46.9 Å². The predicted octanol–water partition coefficient (Wildman–Crippen LogP) is 5.89. The molecule has 0 aromatic heterocycles. The van der Waals surface area contributed by atoms with Crippen molar-refractivity contribution in [2.24, 2.45) is 0 Å². The molecule has 6 nitrogen and oxygen atoms in total. The number of halogens is 2. The summed E-state index contributed by atoms with van der Waals surface area (Å²) in [6.45, 7) is 0.0573. The van der Waals surface area contributed by atoms with Crippen LogP contribution in [0.25, 0.3) is 11.1 Å². The van der Waals surface area contributed by atoms with Crippen LogP contribution in [0.5, 0.6) is 5.75 Å². The molecule has 208 valence electrons. The lowest BCUT2D eigenvalue weighted by molar-refractivity contribution is -0.132. The molecule has 0 unspecified atom stereocenters. The number of alkyl halides is 1. The number of ether oxygens (including phenoxy) is 1. The summed E-state index contributed by atoms with van der Waals surface area (Å²) in [6.07, 6.45) is 8.69. The first kappa shape index (κ1) is 26.2. The van der Waals surface area contributed by atoms with Crippen LogP contribution in [-0.2, 0) is 4.79 Å². The number of hydrogen-bond donors (Lipinski definition) is 3. The topological polar surface area (TPSA) is 87.7 Å². The van der Waals surface area contributed by atoms with Gasteiger partial charge in [-0.25, -0.2) is 13.6 Å². The van der Waals surface area contributed by atoms with Gasteiger partial charge in [0.1, 0.15) is 17.7 Å². The molecule has 4 fully saturated rings. The first-order valence-electron chi connectivity index (χ1n) is 14.3. The third-order valence-corrected chi connectivity index (χ3v) is 9.43. The van der Waals surface area contributed by atoms with Gasteiger partial charge in [-0.1, -0.05) is 31.4 Å². The van der Waals surface area contributed by atoms with E-state index in [4.69, 9.17) is 4.74 Å². The maximum absolute atomic E-state index is 15.6. The molecule has 3 atom stereocenters. The summed E-state index contributed by atoms with van der Waals surface area (Å²) in [5, 5.41) is 15.9. The Morgan fingerprint density at radius 3 is 2.54 bits per heavy atom. The Hall–Kier alpha value is -3.00. The lowest BCUT2D eigenvalue weighted by atomic mass is 9.76. The van der Waals surface area contributed by atoms with E-state index in [9.17, 15) is 19.1 Å². The Bertz CT molecular complexity index is 1270. The number of carbonyl (C=O) groups excluding carboxylic acids is 1. The molecule has 1 amide bonds. The van der Waals surface area contributed by atoms with Crippen LogP contribution in [0.2, 0.25) is 0 Å². The maximum Gasteiger partial charge on any atom is 0.335 e. The van der Waals surface area contributed by atoms with Gasteiger partial charge in [0.2, 0.25) is 5.67 Å². The number of benzene rings is 2. The fraction of sp³-hybridized carbons (Fsp3) is 0.548. The molecule has 3 saturated carbocycles. The Kier molecular flexibility index (Phi) is 6.86.